The molecule has 0 aromatic heterocycles. The SMILES string of the molecule is CCOc1ccc(/C=C2/C(=O)NC(=O)N(c3ccc4c(c3)OCO4)C2=O)cc1Cl. The van der Waals surface area contributed by atoms with E-state index in [1.165, 1.54) is 18.2 Å². The molecule has 0 aliphatic carbocycles. The number of nitrogens with one attached hydrogen (secondary N) is 1. The second kappa shape index (κ2) is 7.48. The van der Waals surface area contributed by atoms with E-state index in [2.05, 4.69) is 5.32 Å². The molecule has 0 radical (unpaired) electrons. The van der Waals surface area contributed by atoms with Gasteiger partial charge in [-0.15, -0.1) is 0 Å². The minimum Gasteiger partial charge on any atom is -0.492 e. The van der Waals surface area contributed by atoms with Crippen molar-refractivity contribution in [2.24, 2.45) is 0 Å². The number of rotatable bonds is 4. The monoisotopic (exact) mass is 414 g/mol. The predicted octanol–water partition coefficient (Wildman–Crippen LogP) is 3.13. The van der Waals surface area contributed by atoms with E-state index in [9.17, 15) is 14.4 Å². The molecule has 29 heavy (non-hydrogen) atoms. The van der Waals surface area contributed by atoms with Crippen LogP contribution in [0.25, 0.3) is 6.08 Å². The summed E-state index contributed by atoms with van der Waals surface area (Å²) in [6.45, 7) is 2.34. The molecule has 0 atom stereocenters. The summed E-state index contributed by atoms with van der Waals surface area (Å²) in [4.78, 5) is 38.4. The number of hydrogen-bond donors (Lipinski definition) is 1. The van der Waals surface area contributed by atoms with Crippen LogP contribution in [0.4, 0.5) is 10.5 Å². The largest absolute Gasteiger partial charge is 0.492 e. The lowest BCUT2D eigenvalue weighted by Gasteiger charge is -2.26. The Morgan fingerprint density at radius 2 is 1.93 bits per heavy atom. The number of urea groups is 1. The van der Waals surface area contributed by atoms with E-state index in [0.29, 0.717) is 34.4 Å². The molecule has 148 valence electrons. The van der Waals surface area contributed by atoms with Crippen LogP contribution in [0.15, 0.2) is 42.0 Å². The molecule has 1 N–H and O–H groups in total. The first kappa shape index (κ1) is 18.8. The normalized spacial score (nSPS) is 17.0. The van der Waals surface area contributed by atoms with Gasteiger partial charge in [0.25, 0.3) is 11.8 Å². The Labute approximate surface area is 170 Å². The summed E-state index contributed by atoms with van der Waals surface area (Å²) in [6, 6.07) is 8.65. The highest BCUT2D eigenvalue weighted by molar-refractivity contribution is 6.39. The Balaban J connectivity index is 1.68. The quantitative estimate of drug-likeness (QED) is 0.610. The van der Waals surface area contributed by atoms with Crippen molar-refractivity contribution in [3.63, 3.8) is 0 Å². The molecule has 9 heteroatoms. The van der Waals surface area contributed by atoms with E-state index in [1.54, 1.807) is 24.3 Å². The smallest absolute Gasteiger partial charge is 0.335 e. The molecular formula is C20H15ClN2O6. The molecule has 0 unspecified atom stereocenters. The topological polar surface area (TPSA) is 94.2 Å². The molecule has 8 nitrogen and oxygen atoms in total. The van der Waals surface area contributed by atoms with Gasteiger partial charge >= 0.3 is 6.03 Å². The van der Waals surface area contributed by atoms with Crippen molar-refractivity contribution < 1.29 is 28.6 Å². The number of nitrogens with zero attached hydrogens (tertiary/aromatic N) is 1. The first-order chi connectivity index (χ1) is 14.0. The van der Waals surface area contributed by atoms with E-state index < -0.39 is 17.8 Å². The lowest BCUT2D eigenvalue weighted by molar-refractivity contribution is -0.122. The van der Waals surface area contributed by atoms with Crippen molar-refractivity contribution in [3.05, 3.63) is 52.6 Å². The third-order valence-corrected chi connectivity index (χ3v) is 4.58. The second-order valence-electron chi connectivity index (χ2n) is 6.12. The summed E-state index contributed by atoms with van der Waals surface area (Å²) < 4.78 is 15.9. The number of barbiturate groups is 1. The zero-order chi connectivity index (χ0) is 20.5. The highest BCUT2D eigenvalue weighted by atomic mass is 35.5. The third-order valence-electron chi connectivity index (χ3n) is 4.28. The number of halogens is 1. The molecule has 2 aliphatic rings. The Bertz CT molecular complexity index is 1060. The molecule has 0 saturated carbocycles. The number of carbonyl (C=O) groups is 3. The average molecular weight is 415 g/mol. The van der Waals surface area contributed by atoms with E-state index in [0.717, 1.165) is 4.90 Å². The highest BCUT2D eigenvalue weighted by Gasteiger charge is 2.37. The zero-order valence-corrected chi connectivity index (χ0v) is 16.0. The average Bonchev–Trinajstić information content (AvgIpc) is 3.15. The summed E-state index contributed by atoms with van der Waals surface area (Å²) in [7, 11) is 0. The van der Waals surface area contributed by atoms with Crippen molar-refractivity contribution in [1.29, 1.82) is 0 Å². The summed E-state index contributed by atoms with van der Waals surface area (Å²) in [5.41, 5.74) is 0.555. The molecule has 4 amide bonds. The van der Waals surface area contributed by atoms with Gasteiger partial charge in [0.1, 0.15) is 11.3 Å². The molecule has 1 fully saturated rings. The lowest BCUT2D eigenvalue weighted by atomic mass is 10.1. The summed E-state index contributed by atoms with van der Waals surface area (Å²) in [5.74, 6) is -0.143. The van der Waals surface area contributed by atoms with Gasteiger partial charge in [-0.1, -0.05) is 17.7 Å². The van der Waals surface area contributed by atoms with E-state index in [-0.39, 0.29) is 18.1 Å². The minimum absolute atomic E-state index is 0.0566. The molecule has 0 bridgehead atoms. The predicted molar refractivity (Wildman–Crippen MR) is 104 cm³/mol. The molecule has 4 rings (SSSR count). The van der Waals surface area contributed by atoms with Crippen LogP contribution in [0.5, 0.6) is 17.2 Å². The van der Waals surface area contributed by atoms with Crippen LogP contribution in [0.3, 0.4) is 0 Å². The fraction of sp³-hybridized carbons (Fsp3) is 0.150. The molecule has 2 aromatic carbocycles. The Morgan fingerprint density at radius 3 is 2.69 bits per heavy atom. The molecule has 2 aliphatic heterocycles. The standard InChI is InChI=1S/C20H15ClN2O6/c1-2-27-15-5-3-11(8-14(15)21)7-13-18(24)22-20(26)23(19(13)25)12-4-6-16-17(9-12)29-10-28-16/h3-9H,2,10H2,1H3,(H,22,24,26)/b13-7-. The zero-order valence-electron chi connectivity index (χ0n) is 15.2. The maximum absolute atomic E-state index is 13.0. The van der Waals surface area contributed by atoms with Gasteiger partial charge in [0.15, 0.2) is 11.5 Å². The summed E-state index contributed by atoms with van der Waals surface area (Å²) in [6.07, 6.45) is 1.37. The van der Waals surface area contributed by atoms with Crippen molar-refractivity contribution in [2.45, 2.75) is 6.92 Å². The number of anilines is 1. The third kappa shape index (κ3) is 3.50. The number of benzene rings is 2. The maximum Gasteiger partial charge on any atom is 0.335 e. The van der Waals surface area contributed by atoms with Gasteiger partial charge in [0.2, 0.25) is 6.79 Å². The van der Waals surface area contributed by atoms with Gasteiger partial charge in [0.05, 0.1) is 17.3 Å². The van der Waals surface area contributed by atoms with Crippen molar-refractivity contribution in [3.8, 4) is 17.2 Å². The molecule has 2 aromatic rings. The summed E-state index contributed by atoms with van der Waals surface area (Å²) in [5, 5.41) is 2.51. The lowest BCUT2D eigenvalue weighted by Crippen LogP contribution is -2.54. The van der Waals surface area contributed by atoms with E-state index in [1.807, 2.05) is 6.92 Å². The van der Waals surface area contributed by atoms with Crippen LogP contribution in [-0.4, -0.2) is 31.2 Å². The van der Waals surface area contributed by atoms with Crippen molar-refractivity contribution >= 4 is 41.2 Å². The second-order valence-corrected chi connectivity index (χ2v) is 6.53. The van der Waals surface area contributed by atoms with Gasteiger partial charge in [0, 0.05) is 6.07 Å². The Hall–Kier alpha value is -3.52. The fourth-order valence-electron chi connectivity index (χ4n) is 2.96. The Morgan fingerprint density at radius 1 is 1.14 bits per heavy atom. The van der Waals surface area contributed by atoms with Gasteiger partial charge in [-0.2, -0.15) is 0 Å². The van der Waals surface area contributed by atoms with Crippen molar-refractivity contribution in [2.75, 3.05) is 18.3 Å². The first-order valence-corrected chi connectivity index (χ1v) is 9.09. The first-order valence-electron chi connectivity index (χ1n) is 8.71. The van der Waals surface area contributed by atoms with Crippen LogP contribution in [0.1, 0.15) is 12.5 Å². The maximum atomic E-state index is 13.0. The fourth-order valence-corrected chi connectivity index (χ4v) is 3.21. The van der Waals surface area contributed by atoms with Crippen LogP contribution >= 0.6 is 11.6 Å². The molecular weight excluding hydrogens is 400 g/mol. The number of hydrogen-bond acceptors (Lipinski definition) is 6. The van der Waals surface area contributed by atoms with Gasteiger partial charge in [-0.3, -0.25) is 14.9 Å². The van der Waals surface area contributed by atoms with E-state index >= 15 is 0 Å². The summed E-state index contributed by atoms with van der Waals surface area (Å²) >= 11 is 6.17. The van der Waals surface area contributed by atoms with Crippen LogP contribution in [-0.2, 0) is 9.59 Å². The number of ether oxygens (including phenoxy) is 3. The molecule has 2 heterocycles. The number of imide groups is 2. The van der Waals surface area contributed by atoms with Crippen LogP contribution < -0.4 is 24.4 Å². The van der Waals surface area contributed by atoms with Gasteiger partial charge < -0.3 is 14.2 Å². The molecule has 0 spiro atoms. The van der Waals surface area contributed by atoms with Gasteiger partial charge in [-0.25, -0.2) is 9.69 Å². The number of carbonyl (C=O) groups excluding carboxylic acids is 3. The van der Waals surface area contributed by atoms with Crippen LogP contribution in [0, 0.1) is 0 Å². The Kier molecular flexibility index (Phi) is 4.85. The van der Waals surface area contributed by atoms with Crippen LogP contribution in [0.2, 0.25) is 5.02 Å². The molecule has 1 saturated heterocycles. The number of amides is 4. The number of fused-ring (bicyclic) bond motifs is 1. The van der Waals surface area contributed by atoms with E-state index in [4.69, 9.17) is 25.8 Å². The highest BCUT2D eigenvalue weighted by Crippen LogP contribution is 2.36. The van der Waals surface area contributed by atoms with Gasteiger partial charge in [-0.05, 0) is 42.8 Å². The minimum atomic E-state index is -0.847. The van der Waals surface area contributed by atoms with Crippen molar-refractivity contribution in [1.82, 2.24) is 5.32 Å².